The first-order valence-electron chi connectivity index (χ1n) is 9.32. The number of halogens is 1. The van der Waals surface area contributed by atoms with Crippen molar-refractivity contribution in [1.82, 2.24) is 9.03 Å². The lowest BCUT2D eigenvalue weighted by molar-refractivity contribution is -0.387. The summed E-state index contributed by atoms with van der Waals surface area (Å²) < 4.78 is 67.2. The zero-order valence-electron chi connectivity index (χ0n) is 16.3. The van der Waals surface area contributed by atoms with Crippen molar-refractivity contribution in [3.05, 3.63) is 64.5 Å². The second-order valence-corrected chi connectivity index (χ2v) is 10.6. The van der Waals surface area contributed by atoms with E-state index in [4.69, 9.17) is 0 Å². The molecule has 168 valence electrons. The van der Waals surface area contributed by atoms with Crippen LogP contribution in [0, 0.1) is 15.9 Å². The van der Waals surface area contributed by atoms with Crippen molar-refractivity contribution in [2.45, 2.75) is 4.90 Å². The Hall–Kier alpha value is -2.61. The second kappa shape index (κ2) is 9.26. The van der Waals surface area contributed by atoms with E-state index in [1.165, 1.54) is 22.5 Å². The lowest BCUT2D eigenvalue weighted by Gasteiger charge is -2.35. The van der Waals surface area contributed by atoms with Crippen molar-refractivity contribution in [3.63, 3.8) is 0 Å². The maximum atomic E-state index is 13.9. The highest BCUT2D eigenvalue weighted by molar-refractivity contribution is 7.90. The van der Waals surface area contributed by atoms with Gasteiger partial charge in [-0.1, -0.05) is 24.3 Å². The van der Waals surface area contributed by atoms with Crippen LogP contribution < -0.4 is 9.62 Å². The van der Waals surface area contributed by atoms with Gasteiger partial charge in [0.05, 0.1) is 16.4 Å². The minimum Gasteiger partial charge on any atom is -0.367 e. The van der Waals surface area contributed by atoms with E-state index >= 15 is 0 Å². The molecule has 1 heterocycles. The van der Waals surface area contributed by atoms with Gasteiger partial charge in [0.1, 0.15) is 5.82 Å². The lowest BCUT2D eigenvalue weighted by Crippen LogP contribution is -2.50. The van der Waals surface area contributed by atoms with E-state index in [-0.39, 0.29) is 18.9 Å². The molecule has 10 nitrogen and oxygen atoms in total. The normalized spacial score (nSPS) is 15.7. The molecule has 0 spiro atoms. The number of nitro groups is 1. The summed E-state index contributed by atoms with van der Waals surface area (Å²) in [5.74, 6) is -0.893. The number of nitrogens with one attached hydrogen (secondary N) is 1. The molecule has 0 bridgehead atoms. The summed E-state index contributed by atoms with van der Waals surface area (Å²) in [4.78, 5) is 11.4. The van der Waals surface area contributed by atoms with Gasteiger partial charge in [-0.15, -0.1) is 0 Å². The van der Waals surface area contributed by atoms with Crippen LogP contribution in [0.5, 0.6) is 0 Å². The molecular weight excluding hydrogens is 451 g/mol. The Morgan fingerprint density at radius 2 is 1.58 bits per heavy atom. The first-order chi connectivity index (χ1) is 14.6. The molecule has 1 fully saturated rings. The largest absolute Gasteiger partial charge is 0.367 e. The fourth-order valence-electron chi connectivity index (χ4n) is 3.26. The number of hydrogen-bond acceptors (Lipinski definition) is 7. The maximum Gasteiger partial charge on any atom is 0.289 e. The molecule has 1 aliphatic heterocycles. The third kappa shape index (κ3) is 5.36. The van der Waals surface area contributed by atoms with Crippen LogP contribution in [0.15, 0.2) is 53.4 Å². The highest BCUT2D eigenvalue weighted by Crippen LogP contribution is 2.23. The molecule has 0 aliphatic carbocycles. The number of nitrogens with zero attached hydrogens (tertiary/aromatic N) is 3. The van der Waals surface area contributed by atoms with E-state index in [0.29, 0.717) is 18.8 Å². The number of rotatable bonds is 8. The Balaban J connectivity index is 1.59. The first kappa shape index (κ1) is 23.1. The molecular formula is C18H21FN4O6S2. The molecule has 1 aliphatic rings. The van der Waals surface area contributed by atoms with E-state index in [2.05, 4.69) is 4.72 Å². The maximum absolute atomic E-state index is 13.9. The van der Waals surface area contributed by atoms with Gasteiger partial charge in [0, 0.05) is 38.8 Å². The third-order valence-electron chi connectivity index (χ3n) is 4.83. The van der Waals surface area contributed by atoms with E-state index < -0.39 is 47.9 Å². The second-order valence-electron chi connectivity index (χ2n) is 6.78. The van der Waals surface area contributed by atoms with Gasteiger partial charge in [0.15, 0.2) is 4.90 Å². The van der Waals surface area contributed by atoms with Crippen molar-refractivity contribution in [1.29, 1.82) is 0 Å². The number of piperazine rings is 1. The van der Waals surface area contributed by atoms with Crippen LogP contribution in [0.3, 0.4) is 0 Å². The predicted molar refractivity (Wildman–Crippen MR) is 112 cm³/mol. The molecule has 0 unspecified atom stereocenters. The van der Waals surface area contributed by atoms with Gasteiger partial charge in [0.2, 0.25) is 20.0 Å². The number of nitro benzene ring substituents is 1. The van der Waals surface area contributed by atoms with E-state index in [0.717, 1.165) is 12.1 Å². The molecule has 3 rings (SSSR count). The summed E-state index contributed by atoms with van der Waals surface area (Å²) in [5, 5.41) is 11.0. The quantitative estimate of drug-likeness (QED) is 0.451. The summed E-state index contributed by atoms with van der Waals surface area (Å²) in [7, 11) is -8.04. The fourth-order valence-corrected chi connectivity index (χ4v) is 5.93. The molecule has 2 aromatic rings. The minimum absolute atomic E-state index is 0.133. The van der Waals surface area contributed by atoms with Gasteiger partial charge in [-0.25, -0.2) is 25.9 Å². The number of hydrogen-bond donors (Lipinski definition) is 1. The molecule has 0 amide bonds. The Kier molecular flexibility index (Phi) is 6.89. The summed E-state index contributed by atoms with van der Waals surface area (Å²) in [6.07, 6.45) is 0. The van der Waals surface area contributed by atoms with Gasteiger partial charge in [-0.3, -0.25) is 10.1 Å². The lowest BCUT2D eigenvalue weighted by atomic mass is 10.2. The molecule has 2 aromatic carbocycles. The SMILES string of the molecule is O=[N+]([O-])c1ccccc1S(=O)(=O)NCCS(=O)(=O)N1CCN(c2ccccc2F)CC1. The van der Waals surface area contributed by atoms with E-state index in [1.807, 2.05) is 0 Å². The number of sulfonamides is 2. The number of anilines is 1. The Labute approximate surface area is 179 Å². The smallest absolute Gasteiger partial charge is 0.289 e. The average molecular weight is 473 g/mol. The highest BCUT2D eigenvalue weighted by atomic mass is 32.2. The number of para-hydroxylation sites is 2. The van der Waals surface area contributed by atoms with Crippen molar-refractivity contribution < 1.29 is 26.1 Å². The number of benzene rings is 2. The van der Waals surface area contributed by atoms with Crippen LogP contribution in [0.1, 0.15) is 0 Å². The summed E-state index contributed by atoms with van der Waals surface area (Å²) >= 11 is 0. The monoisotopic (exact) mass is 472 g/mol. The van der Waals surface area contributed by atoms with Crippen LogP contribution in [0.4, 0.5) is 15.8 Å². The minimum atomic E-state index is -4.26. The molecule has 1 saturated heterocycles. The van der Waals surface area contributed by atoms with Crippen molar-refractivity contribution >= 4 is 31.4 Å². The third-order valence-corrected chi connectivity index (χ3v) is 8.21. The van der Waals surface area contributed by atoms with E-state index in [9.17, 15) is 31.3 Å². The van der Waals surface area contributed by atoms with E-state index in [1.54, 1.807) is 23.1 Å². The van der Waals surface area contributed by atoms with Gasteiger partial charge in [0.25, 0.3) is 5.69 Å². The zero-order valence-corrected chi connectivity index (χ0v) is 18.0. The topological polar surface area (TPSA) is 130 Å². The van der Waals surface area contributed by atoms with Gasteiger partial charge in [-0.05, 0) is 18.2 Å². The first-order valence-corrected chi connectivity index (χ1v) is 12.4. The van der Waals surface area contributed by atoms with Crippen molar-refractivity contribution in [3.8, 4) is 0 Å². The van der Waals surface area contributed by atoms with Crippen molar-refractivity contribution in [2.75, 3.05) is 43.4 Å². The average Bonchev–Trinajstić information content (AvgIpc) is 2.74. The zero-order chi connectivity index (χ0) is 22.6. The molecule has 0 aromatic heterocycles. The van der Waals surface area contributed by atoms with Gasteiger partial charge >= 0.3 is 0 Å². The Morgan fingerprint density at radius 3 is 2.23 bits per heavy atom. The molecule has 0 atom stereocenters. The highest BCUT2D eigenvalue weighted by Gasteiger charge is 2.29. The Morgan fingerprint density at radius 1 is 0.968 bits per heavy atom. The van der Waals surface area contributed by atoms with Crippen LogP contribution in [-0.2, 0) is 20.0 Å². The van der Waals surface area contributed by atoms with Crippen LogP contribution in [0.2, 0.25) is 0 Å². The molecule has 13 heteroatoms. The van der Waals surface area contributed by atoms with Crippen molar-refractivity contribution in [2.24, 2.45) is 0 Å². The standard InChI is InChI=1S/C18H21FN4O6S2/c19-15-5-1-2-6-16(15)21-10-12-22(13-11-21)30(26,27)14-9-20-31(28,29)18-8-4-3-7-17(18)23(24)25/h1-8,20H,9-14H2. The molecule has 1 N–H and O–H groups in total. The predicted octanol–water partition coefficient (Wildman–Crippen LogP) is 1.16. The fraction of sp³-hybridized carbons (Fsp3) is 0.333. The Bertz CT molecular complexity index is 1170. The van der Waals surface area contributed by atoms with Gasteiger partial charge < -0.3 is 4.90 Å². The summed E-state index contributed by atoms with van der Waals surface area (Å²) in [5.41, 5.74) is -0.195. The van der Waals surface area contributed by atoms with Crippen LogP contribution >= 0.6 is 0 Å². The molecule has 0 saturated carbocycles. The van der Waals surface area contributed by atoms with Crippen LogP contribution in [0.25, 0.3) is 0 Å². The summed E-state index contributed by atoms with van der Waals surface area (Å²) in [6, 6.07) is 11.0. The van der Waals surface area contributed by atoms with Crippen LogP contribution in [-0.4, -0.2) is 64.5 Å². The molecule has 31 heavy (non-hydrogen) atoms. The summed E-state index contributed by atoms with van der Waals surface area (Å²) in [6.45, 7) is 0.412. The van der Waals surface area contributed by atoms with Gasteiger partial charge in [-0.2, -0.15) is 4.31 Å². The molecule has 0 radical (unpaired) electrons.